The van der Waals surface area contributed by atoms with Crippen LogP contribution in [0.25, 0.3) is 0 Å². The van der Waals surface area contributed by atoms with Gasteiger partial charge < -0.3 is 24.8 Å². The van der Waals surface area contributed by atoms with Crippen LogP contribution in [0.5, 0.6) is 17.2 Å². The number of para-hydroxylation sites is 1. The number of hydrogen-bond acceptors (Lipinski definition) is 5. The van der Waals surface area contributed by atoms with Gasteiger partial charge in [0.05, 0.1) is 7.11 Å². The molecule has 7 nitrogen and oxygen atoms in total. The van der Waals surface area contributed by atoms with Gasteiger partial charge in [0.25, 0.3) is 0 Å². The third kappa shape index (κ3) is 4.44. The molecule has 2 aromatic rings. The highest BCUT2D eigenvalue weighted by Crippen LogP contribution is 2.32. The van der Waals surface area contributed by atoms with Crippen molar-refractivity contribution in [1.82, 2.24) is 5.32 Å². The fourth-order valence-electron chi connectivity index (χ4n) is 2.58. The number of methoxy groups -OCH3 is 1. The first-order valence-electron chi connectivity index (χ1n) is 8.24. The van der Waals surface area contributed by atoms with E-state index in [0.29, 0.717) is 42.7 Å². The van der Waals surface area contributed by atoms with E-state index in [1.54, 1.807) is 25.3 Å². The van der Waals surface area contributed by atoms with E-state index >= 15 is 0 Å². The van der Waals surface area contributed by atoms with Crippen LogP contribution in [0.3, 0.4) is 0 Å². The van der Waals surface area contributed by atoms with E-state index in [4.69, 9.17) is 14.2 Å². The van der Waals surface area contributed by atoms with Gasteiger partial charge in [0.15, 0.2) is 11.5 Å². The number of carbonyl (C=O) groups excluding carboxylic acids is 2. The molecule has 0 aliphatic carbocycles. The highest BCUT2D eigenvalue weighted by Gasteiger charge is 2.14. The Morgan fingerprint density at radius 2 is 1.81 bits per heavy atom. The van der Waals surface area contributed by atoms with Crippen molar-refractivity contribution in [3.05, 3.63) is 48.0 Å². The number of ether oxygens (including phenoxy) is 3. The van der Waals surface area contributed by atoms with Crippen LogP contribution in [0, 0.1) is 0 Å². The van der Waals surface area contributed by atoms with Crippen molar-refractivity contribution in [1.29, 1.82) is 0 Å². The summed E-state index contributed by atoms with van der Waals surface area (Å²) in [5, 5.41) is 5.40. The molecule has 0 aromatic heterocycles. The first-order chi connectivity index (χ1) is 12.7. The zero-order valence-electron chi connectivity index (χ0n) is 14.4. The fraction of sp³-hybridized carbons (Fsp3) is 0.263. The molecular weight excluding hydrogens is 336 g/mol. The lowest BCUT2D eigenvalue weighted by molar-refractivity contribution is -0.126. The Kier molecular flexibility index (Phi) is 5.58. The highest BCUT2D eigenvalue weighted by atomic mass is 16.6. The third-order valence-corrected chi connectivity index (χ3v) is 3.82. The van der Waals surface area contributed by atoms with E-state index in [-0.39, 0.29) is 12.3 Å². The number of rotatable bonds is 6. The van der Waals surface area contributed by atoms with Crippen LogP contribution in [0.1, 0.15) is 12.0 Å². The summed E-state index contributed by atoms with van der Waals surface area (Å²) in [5.74, 6) is 1.14. The summed E-state index contributed by atoms with van der Waals surface area (Å²) in [7, 11) is 1.57. The summed E-state index contributed by atoms with van der Waals surface area (Å²) in [4.78, 5) is 24.0. The quantitative estimate of drug-likeness (QED) is 0.775. The molecule has 0 saturated heterocycles. The topological polar surface area (TPSA) is 85.9 Å². The minimum Gasteiger partial charge on any atom is -0.496 e. The van der Waals surface area contributed by atoms with Crippen LogP contribution in [-0.2, 0) is 16.1 Å². The monoisotopic (exact) mass is 356 g/mol. The molecule has 0 saturated carbocycles. The molecule has 2 amide bonds. The van der Waals surface area contributed by atoms with Crippen molar-refractivity contribution in [3.63, 3.8) is 0 Å². The molecular formula is C19H20N2O5. The molecule has 7 heteroatoms. The van der Waals surface area contributed by atoms with Crippen LogP contribution in [0.4, 0.5) is 5.69 Å². The van der Waals surface area contributed by atoms with Crippen molar-refractivity contribution in [2.75, 3.05) is 25.6 Å². The van der Waals surface area contributed by atoms with E-state index in [0.717, 1.165) is 5.56 Å². The number of amides is 2. The molecule has 0 fully saturated rings. The molecule has 3 rings (SSSR count). The molecule has 0 bridgehead atoms. The number of anilines is 1. The molecule has 0 atom stereocenters. The maximum Gasteiger partial charge on any atom is 0.233 e. The zero-order valence-corrected chi connectivity index (χ0v) is 14.4. The van der Waals surface area contributed by atoms with Gasteiger partial charge in [-0.2, -0.15) is 0 Å². The van der Waals surface area contributed by atoms with Crippen LogP contribution >= 0.6 is 0 Å². The Bertz CT molecular complexity index is 806. The minimum atomic E-state index is -0.404. The van der Waals surface area contributed by atoms with Gasteiger partial charge in [-0.15, -0.1) is 0 Å². The van der Waals surface area contributed by atoms with E-state index in [9.17, 15) is 9.59 Å². The summed E-state index contributed by atoms with van der Waals surface area (Å²) in [5.41, 5.74) is 1.40. The Labute approximate surface area is 151 Å². The molecule has 26 heavy (non-hydrogen) atoms. The lowest BCUT2D eigenvalue weighted by Crippen LogP contribution is -2.28. The SMILES string of the molecule is COc1ccccc1CNC(=O)CC(=O)Nc1ccc2c(c1)OCCO2. The molecule has 2 N–H and O–H groups in total. The fourth-order valence-corrected chi connectivity index (χ4v) is 2.58. The van der Waals surface area contributed by atoms with E-state index < -0.39 is 5.91 Å². The highest BCUT2D eigenvalue weighted by molar-refractivity contribution is 6.03. The molecule has 0 spiro atoms. The van der Waals surface area contributed by atoms with Gasteiger partial charge in [-0.25, -0.2) is 0 Å². The van der Waals surface area contributed by atoms with Gasteiger partial charge in [-0.3, -0.25) is 9.59 Å². The first-order valence-corrected chi connectivity index (χ1v) is 8.24. The summed E-state index contributed by atoms with van der Waals surface area (Å²) in [6, 6.07) is 12.5. The summed E-state index contributed by atoms with van der Waals surface area (Å²) >= 11 is 0. The lowest BCUT2D eigenvalue weighted by atomic mass is 10.2. The van der Waals surface area contributed by atoms with Gasteiger partial charge in [-0.1, -0.05) is 18.2 Å². The molecule has 136 valence electrons. The van der Waals surface area contributed by atoms with Crippen molar-refractivity contribution >= 4 is 17.5 Å². The molecule has 1 aliphatic heterocycles. The number of hydrogen-bond donors (Lipinski definition) is 2. The predicted octanol–water partition coefficient (Wildman–Crippen LogP) is 2.11. The molecule has 1 heterocycles. The third-order valence-electron chi connectivity index (χ3n) is 3.82. The normalized spacial score (nSPS) is 12.2. The summed E-state index contributed by atoms with van der Waals surface area (Å²) < 4.78 is 16.1. The molecule has 0 unspecified atom stereocenters. The number of carbonyl (C=O) groups is 2. The van der Waals surface area contributed by atoms with Gasteiger partial charge in [0.1, 0.15) is 25.4 Å². The van der Waals surface area contributed by atoms with Gasteiger partial charge in [0.2, 0.25) is 11.8 Å². The Morgan fingerprint density at radius 3 is 2.62 bits per heavy atom. The van der Waals surface area contributed by atoms with Crippen molar-refractivity contribution in [2.24, 2.45) is 0 Å². The van der Waals surface area contributed by atoms with Crippen LogP contribution in [-0.4, -0.2) is 32.1 Å². The van der Waals surface area contributed by atoms with Crippen LogP contribution in [0.2, 0.25) is 0 Å². The van der Waals surface area contributed by atoms with Gasteiger partial charge in [-0.05, 0) is 18.2 Å². The lowest BCUT2D eigenvalue weighted by Gasteiger charge is -2.19. The molecule has 2 aromatic carbocycles. The van der Waals surface area contributed by atoms with E-state index in [1.165, 1.54) is 0 Å². The average molecular weight is 356 g/mol. The van der Waals surface area contributed by atoms with Crippen LogP contribution < -0.4 is 24.8 Å². The number of fused-ring (bicyclic) bond motifs is 1. The number of nitrogens with one attached hydrogen (secondary N) is 2. The Morgan fingerprint density at radius 1 is 1.04 bits per heavy atom. The predicted molar refractivity (Wildman–Crippen MR) is 95.5 cm³/mol. The Hall–Kier alpha value is -3.22. The largest absolute Gasteiger partial charge is 0.496 e. The maximum atomic E-state index is 12.1. The van der Waals surface area contributed by atoms with Gasteiger partial charge >= 0.3 is 0 Å². The van der Waals surface area contributed by atoms with E-state index in [2.05, 4.69) is 10.6 Å². The molecule has 1 aliphatic rings. The van der Waals surface area contributed by atoms with Crippen molar-refractivity contribution in [2.45, 2.75) is 13.0 Å². The van der Waals surface area contributed by atoms with Crippen molar-refractivity contribution < 1.29 is 23.8 Å². The second-order valence-electron chi connectivity index (χ2n) is 5.67. The summed E-state index contributed by atoms with van der Waals surface area (Å²) in [6.45, 7) is 1.26. The maximum absolute atomic E-state index is 12.1. The Balaban J connectivity index is 1.50. The zero-order chi connectivity index (χ0) is 18.4. The minimum absolute atomic E-state index is 0.274. The average Bonchev–Trinajstić information content (AvgIpc) is 2.66. The second kappa shape index (κ2) is 8.24. The van der Waals surface area contributed by atoms with E-state index in [1.807, 2.05) is 24.3 Å². The first kappa shape index (κ1) is 17.6. The summed E-state index contributed by atoms with van der Waals surface area (Å²) in [6.07, 6.45) is -0.274. The second-order valence-corrected chi connectivity index (χ2v) is 5.67. The van der Waals surface area contributed by atoms with Crippen molar-refractivity contribution in [3.8, 4) is 17.2 Å². The van der Waals surface area contributed by atoms with Gasteiger partial charge in [0, 0.05) is 23.9 Å². The van der Waals surface area contributed by atoms with Crippen LogP contribution in [0.15, 0.2) is 42.5 Å². The smallest absolute Gasteiger partial charge is 0.233 e. The molecule has 0 radical (unpaired) electrons. The number of benzene rings is 2. The standard InChI is InChI=1S/C19H20N2O5/c1-24-15-5-3-2-4-13(15)12-20-18(22)11-19(23)21-14-6-7-16-17(10-14)26-9-8-25-16/h2-7,10H,8-9,11-12H2,1H3,(H,20,22)(H,21,23).